The van der Waals surface area contributed by atoms with E-state index in [1.807, 2.05) is 24.3 Å². The highest BCUT2D eigenvalue weighted by atomic mass is 32.2. The first kappa shape index (κ1) is 27.9. The summed E-state index contributed by atoms with van der Waals surface area (Å²) < 4.78 is 26.5. The molecule has 0 unspecified atom stereocenters. The standard InChI is InChI=1S/C36H36N3O2S/c1-35(2)29-24-27(42(37,40)41)21-23-30(29)39(26-15-8-6-9-16-26)33(35)19-11-7-10-18-32-36(3,4)34-28-17-13-12-14-25(28)20-22-31(34)38(32)5/h6-24H,1-5H3,(H2,37,40,41)/q+1. The van der Waals surface area contributed by atoms with Crippen molar-refractivity contribution in [2.45, 2.75) is 43.4 Å². The molecule has 2 heterocycles. The fourth-order valence-corrected chi connectivity index (χ4v) is 7.16. The summed E-state index contributed by atoms with van der Waals surface area (Å²) in [6.45, 7) is 8.81. The first-order valence-corrected chi connectivity index (χ1v) is 15.7. The summed E-state index contributed by atoms with van der Waals surface area (Å²) in [4.78, 5) is 2.41. The zero-order chi connectivity index (χ0) is 29.9. The van der Waals surface area contributed by atoms with Crippen LogP contribution in [0.15, 0.2) is 126 Å². The van der Waals surface area contributed by atoms with Crippen molar-refractivity contribution in [3.05, 3.63) is 132 Å². The van der Waals surface area contributed by atoms with Crippen LogP contribution in [0.3, 0.4) is 0 Å². The first-order valence-electron chi connectivity index (χ1n) is 14.1. The number of sulfonamides is 1. The minimum absolute atomic E-state index is 0.121. The molecule has 6 heteroatoms. The molecular weight excluding hydrogens is 538 g/mol. The van der Waals surface area contributed by atoms with Crippen molar-refractivity contribution in [2.24, 2.45) is 5.14 Å². The number of para-hydroxylation sites is 1. The fraction of sp³-hybridized carbons (Fsp3) is 0.194. The maximum absolute atomic E-state index is 12.2. The van der Waals surface area contributed by atoms with Crippen LogP contribution in [0.25, 0.3) is 10.8 Å². The van der Waals surface area contributed by atoms with E-state index in [4.69, 9.17) is 5.14 Å². The molecule has 4 aromatic carbocycles. The van der Waals surface area contributed by atoms with E-state index in [0.29, 0.717) is 0 Å². The van der Waals surface area contributed by atoms with Gasteiger partial charge in [-0.25, -0.2) is 13.6 Å². The van der Waals surface area contributed by atoms with Crippen molar-refractivity contribution >= 4 is 43.6 Å². The van der Waals surface area contributed by atoms with Crippen LogP contribution in [-0.4, -0.2) is 21.2 Å². The predicted molar refractivity (Wildman–Crippen MR) is 175 cm³/mol. The number of likely N-dealkylation sites (N-methyl/N-ethyl adjacent to an activating group) is 1. The molecule has 0 aromatic heterocycles. The molecule has 212 valence electrons. The highest BCUT2D eigenvalue weighted by Crippen LogP contribution is 2.50. The Labute approximate surface area is 248 Å². The lowest BCUT2D eigenvalue weighted by molar-refractivity contribution is 0.597. The largest absolute Gasteiger partial charge is 0.347 e. The third-order valence-electron chi connectivity index (χ3n) is 8.73. The van der Waals surface area contributed by atoms with Gasteiger partial charge in [0.2, 0.25) is 21.4 Å². The van der Waals surface area contributed by atoms with Gasteiger partial charge in [0.1, 0.15) is 0 Å². The van der Waals surface area contributed by atoms with E-state index in [-0.39, 0.29) is 10.3 Å². The normalized spacial score (nSPS) is 18.5. The molecule has 0 saturated heterocycles. The van der Waals surface area contributed by atoms with E-state index in [1.54, 1.807) is 12.1 Å². The Morgan fingerprint density at radius 3 is 2.26 bits per heavy atom. The van der Waals surface area contributed by atoms with Gasteiger partial charge in [0.05, 0.1) is 10.3 Å². The van der Waals surface area contributed by atoms with E-state index in [0.717, 1.165) is 22.6 Å². The second-order valence-corrected chi connectivity index (χ2v) is 13.6. The van der Waals surface area contributed by atoms with Crippen molar-refractivity contribution < 1.29 is 8.42 Å². The van der Waals surface area contributed by atoms with Crippen molar-refractivity contribution in [3.8, 4) is 0 Å². The number of allylic oxidation sites excluding steroid dienone is 6. The molecule has 2 aliphatic heterocycles. The predicted octanol–water partition coefficient (Wildman–Crippen LogP) is 7.48. The van der Waals surface area contributed by atoms with Gasteiger partial charge >= 0.3 is 0 Å². The second kappa shape index (κ2) is 9.93. The van der Waals surface area contributed by atoms with Gasteiger partial charge in [-0.3, -0.25) is 0 Å². The average molecular weight is 575 g/mol. The number of anilines is 1. The van der Waals surface area contributed by atoms with Crippen LogP contribution >= 0.6 is 0 Å². The molecule has 6 rings (SSSR count). The lowest BCUT2D eigenvalue weighted by Gasteiger charge is -2.24. The molecule has 4 aromatic rings. The Balaban J connectivity index is 1.37. The van der Waals surface area contributed by atoms with Crippen LogP contribution in [0.1, 0.15) is 38.8 Å². The molecule has 0 fully saturated rings. The maximum atomic E-state index is 12.2. The van der Waals surface area contributed by atoms with Crippen molar-refractivity contribution in [1.29, 1.82) is 0 Å². The Kier molecular flexibility index (Phi) is 6.59. The lowest BCUT2D eigenvalue weighted by atomic mass is 9.81. The lowest BCUT2D eigenvalue weighted by Crippen LogP contribution is -2.27. The van der Waals surface area contributed by atoms with Crippen LogP contribution in [0.5, 0.6) is 0 Å². The smallest absolute Gasteiger partial charge is 0.238 e. The summed E-state index contributed by atoms with van der Waals surface area (Å²) in [5, 5.41) is 8.04. The number of rotatable bonds is 5. The molecule has 0 saturated carbocycles. The Morgan fingerprint density at radius 2 is 1.52 bits per heavy atom. The molecule has 42 heavy (non-hydrogen) atoms. The molecule has 2 N–H and O–H groups in total. The van der Waals surface area contributed by atoms with Crippen LogP contribution < -0.4 is 14.6 Å². The fourth-order valence-electron chi connectivity index (χ4n) is 6.62. The number of hydrogen-bond acceptors (Lipinski definition) is 3. The highest BCUT2D eigenvalue weighted by Gasteiger charge is 2.46. The summed E-state index contributed by atoms with van der Waals surface area (Å²) in [6, 6.07) is 28.3. The SMILES string of the molecule is CN1/C(=C/C=C/C=C/C2=[N+](c3ccccc3)c3ccc(S(N)(=O)=O)cc3C2(C)C)C(C)(C)c2c1ccc1ccccc21. The zero-order valence-electron chi connectivity index (χ0n) is 24.7. The first-order chi connectivity index (χ1) is 19.9. The Hall–Kier alpha value is -4.26. The van der Waals surface area contributed by atoms with Crippen molar-refractivity contribution in [1.82, 2.24) is 4.58 Å². The van der Waals surface area contributed by atoms with Crippen LogP contribution in [-0.2, 0) is 20.9 Å². The second-order valence-electron chi connectivity index (χ2n) is 12.1. The molecule has 0 radical (unpaired) electrons. The number of fused-ring (bicyclic) bond motifs is 4. The van der Waals surface area contributed by atoms with E-state index in [1.165, 1.54) is 27.7 Å². The van der Waals surface area contributed by atoms with Gasteiger partial charge < -0.3 is 4.90 Å². The van der Waals surface area contributed by atoms with Gasteiger partial charge in [0.15, 0.2) is 5.71 Å². The van der Waals surface area contributed by atoms with Gasteiger partial charge in [-0.15, -0.1) is 0 Å². The van der Waals surface area contributed by atoms with E-state index in [9.17, 15) is 8.42 Å². The summed E-state index contributed by atoms with van der Waals surface area (Å²) in [5.74, 6) is 0. The summed E-state index contributed by atoms with van der Waals surface area (Å²) >= 11 is 0. The Morgan fingerprint density at radius 1 is 0.810 bits per heavy atom. The topological polar surface area (TPSA) is 66.4 Å². The van der Waals surface area contributed by atoms with Crippen LogP contribution in [0.2, 0.25) is 0 Å². The number of hydrogen-bond donors (Lipinski definition) is 1. The molecular formula is C36H36N3O2S+. The van der Waals surface area contributed by atoms with Gasteiger partial charge in [-0.1, -0.05) is 80.6 Å². The molecule has 0 bridgehead atoms. The molecule has 0 atom stereocenters. The highest BCUT2D eigenvalue weighted by molar-refractivity contribution is 7.89. The summed E-state index contributed by atoms with van der Waals surface area (Å²) in [5.41, 5.74) is 7.17. The maximum Gasteiger partial charge on any atom is 0.238 e. The van der Waals surface area contributed by atoms with Crippen molar-refractivity contribution in [2.75, 3.05) is 11.9 Å². The average Bonchev–Trinajstić information content (AvgIpc) is 3.30. The molecule has 0 aliphatic carbocycles. The summed E-state index contributed by atoms with van der Waals surface area (Å²) in [7, 11) is -1.68. The number of nitrogens with zero attached hydrogens (tertiary/aromatic N) is 2. The van der Waals surface area contributed by atoms with E-state index < -0.39 is 15.4 Å². The quantitative estimate of drug-likeness (QED) is 0.199. The van der Waals surface area contributed by atoms with Crippen LogP contribution in [0, 0.1) is 0 Å². The van der Waals surface area contributed by atoms with E-state index in [2.05, 4.69) is 123 Å². The molecule has 2 aliphatic rings. The summed E-state index contributed by atoms with van der Waals surface area (Å²) in [6.07, 6.45) is 10.5. The van der Waals surface area contributed by atoms with Gasteiger partial charge in [-0.05, 0) is 54.5 Å². The van der Waals surface area contributed by atoms with Crippen molar-refractivity contribution in [3.63, 3.8) is 0 Å². The molecule has 0 amide bonds. The van der Waals surface area contributed by atoms with Gasteiger partial charge in [-0.2, -0.15) is 4.58 Å². The minimum atomic E-state index is -3.82. The van der Waals surface area contributed by atoms with Gasteiger partial charge in [0, 0.05) is 53.7 Å². The minimum Gasteiger partial charge on any atom is -0.347 e. The zero-order valence-corrected chi connectivity index (χ0v) is 25.5. The number of nitrogens with two attached hydrogens (primary N) is 1. The van der Waals surface area contributed by atoms with Crippen LogP contribution in [0.4, 0.5) is 17.1 Å². The number of benzene rings is 4. The molecule has 0 spiro atoms. The third kappa shape index (κ3) is 4.42. The number of primary sulfonamides is 1. The van der Waals surface area contributed by atoms with Gasteiger partial charge in [0.25, 0.3) is 0 Å². The van der Waals surface area contributed by atoms with E-state index >= 15 is 0 Å². The Bertz CT molecular complexity index is 1960. The molecule has 5 nitrogen and oxygen atoms in total. The third-order valence-corrected chi connectivity index (χ3v) is 9.64. The monoisotopic (exact) mass is 574 g/mol.